The van der Waals surface area contributed by atoms with Gasteiger partial charge in [-0.25, -0.2) is 19.3 Å². The Labute approximate surface area is 180 Å². The Morgan fingerprint density at radius 2 is 1.88 bits per heavy atom. The number of carboxylic acid groups (broad SMARTS) is 1. The Morgan fingerprint density at radius 3 is 2.38 bits per heavy atom. The highest BCUT2D eigenvalue weighted by Gasteiger charge is 2.62. The third kappa shape index (κ3) is 4.40. The van der Waals surface area contributed by atoms with E-state index in [0.717, 1.165) is 30.8 Å². The SMILES string of the molecule is CCOC(=O)c1cccc(N2C(=O)OC3(CN4CCC3CC4)C2=O)c1.O=C(O)C(F)(F)F. The molecule has 174 valence electrons. The minimum Gasteiger partial charge on any atom is -0.475 e. The number of fused-ring (bicyclic) bond motifs is 2. The molecule has 4 aliphatic heterocycles. The van der Waals surface area contributed by atoms with E-state index in [4.69, 9.17) is 19.4 Å². The maximum absolute atomic E-state index is 13.1. The summed E-state index contributed by atoms with van der Waals surface area (Å²) in [7, 11) is 0. The van der Waals surface area contributed by atoms with E-state index in [-0.39, 0.29) is 18.4 Å². The first-order valence-electron chi connectivity index (χ1n) is 9.86. The molecule has 32 heavy (non-hydrogen) atoms. The molecule has 1 atom stereocenters. The van der Waals surface area contributed by atoms with Crippen molar-refractivity contribution < 1.29 is 46.9 Å². The second kappa shape index (κ2) is 8.77. The van der Waals surface area contributed by atoms with E-state index in [1.165, 1.54) is 6.07 Å². The molecule has 1 N–H and O–H groups in total. The van der Waals surface area contributed by atoms with Crippen LogP contribution in [0.4, 0.5) is 23.7 Å². The zero-order chi connectivity index (χ0) is 23.7. The second-order valence-corrected chi connectivity index (χ2v) is 7.52. The molecule has 12 heteroatoms. The summed E-state index contributed by atoms with van der Waals surface area (Å²) < 4.78 is 42.4. The minimum absolute atomic E-state index is 0.0622. The van der Waals surface area contributed by atoms with E-state index in [0.29, 0.717) is 17.8 Å². The van der Waals surface area contributed by atoms with Gasteiger partial charge in [-0.2, -0.15) is 13.2 Å². The maximum atomic E-state index is 13.1. The quantitative estimate of drug-likeness (QED) is 0.688. The molecule has 0 saturated carbocycles. The number of hydrogen-bond acceptors (Lipinski definition) is 7. The first-order chi connectivity index (χ1) is 15.0. The summed E-state index contributed by atoms with van der Waals surface area (Å²) in [6, 6.07) is 6.35. The molecule has 0 radical (unpaired) electrons. The molecule has 4 aliphatic rings. The van der Waals surface area contributed by atoms with Crippen LogP contribution in [0.3, 0.4) is 0 Å². The molecule has 2 bridgehead atoms. The van der Waals surface area contributed by atoms with Crippen molar-refractivity contribution in [2.45, 2.75) is 31.5 Å². The third-order valence-corrected chi connectivity index (χ3v) is 5.58. The van der Waals surface area contributed by atoms with Gasteiger partial charge in [0.1, 0.15) is 0 Å². The Hall–Kier alpha value is -3.15. The van der Waals surface area contributed by atoms with Crippen molar-refractivity contribution in [3.05, 3.63) is 29.8 Å². The highest BCUT2D eigenvalue weighted by Crippen LogP contribution is 2.44. The van der Waals surface area contributed by atoms with Gasteiger partial charge < -0.3 is 14.6 Å². The third-order valence-electron chi connectivity index (χ3n) is 5.58. The molecule has 1 unspecified atom stereocenters. The van der Waals surface area contributed by atoms with Crippen LogP contribution in [0, 0.1) is 5.92 Å². The second-order valence-electron chi connectivity index (χ2n) is 7.52. The Bertz CT molecular complexity index is 928. The summed E-state index contributed by atoms with van der Waals surface area (Å²) in [5.74, 6) is -3.51. The Morgan fingerprint density at radius 1 is 1.25 bits per heavy atom. The van der Waals surface area contributed by atoms with Crippen LogP contribution in [0.25, 0.3) is 0 Å². The lowest BCUT2D eigenvalue weighted by molar-refractivity contribution is -0.192. The number of ether oxygens (including phenoxy) is 2. The number of piperidine rings is 3. The number of carboxylic acids is 1. The van der Waals surface area contributed by atoms with Crippen LogP contribution < -0.4 is 4.90 Å². The number of hydrogen-bond donors (Lipinski definition) is 1. The van der Waals surface area contributed by atoms with Crippen molar-refractivity contribution in [2.24, 2.45) is 5.92 Å². The molecular formula is C20H21F3N2O7. The van der Waals surface area contributed by atoms with Crippen molar-refractivity contribution in [1.29, 1.82) is 0 Å². The van der Waals surface area contributed by atoms with Crippen LogP contribution in [0.2, 0.25) is 0 Å². The van der Waals surface area contributed by atoms with Crippen LogP contribution >= 0.6 is 0 Å². The Balaban J connectivity index is 0.000000360. The standard InChI is InChI=1S/C18H20N2O5.C2HF3O2/c1-2-24-15(21)12-4-3-5-14(10-12)20-16(22)18(25-17(20)23)11-19-8-6-13(18)7-9-19;3-2(4,5)1(6)7/h3-5,10,13H,2,6-9,11H2,1H3;(H,6,7). The summed E-state index contributed by atoms with van der Waals surface area (Å²) in [6.07, 6.45) is -4.04. The van der Waals surface area contributed by atoms with Gasteiger partial charge in [0, 0.05) is 12.5 Å². The van der Waals surface area contributed by atoms with E-state index in [9.17, 15) is 27.6 Å². The molecule has 0 aromatic heterocycles. The maximum Gasteiger partial charge on any atom is 0.490 e. The van der Waals surface area contributed by atoms with E-state index in [1.54, 1.807) is 25.1 Å². The van der Waals surface area contributed by atoms with Crippen molar-refractivity contribution in [3.63, 3.8) is 0 Å². The van der Waals surface area contributed by atoms with Gasteiger partial charge in [0.2, 0.25) is 5.60 Å². The number of nitrogens with zero attached hydrogens (tertiary/aromatic N) is 2. The normalized spacial score (nSPS) is 26.4. The van der Waals surface area contributed by atoms with E-state index < -0.39 is 29.8 Å². The van der Waals surface area contributed by atoms with Crippen molar-refractivity contribution in [1.82, 2.24) is 4.90 Å². The molecular weight excluding hydrogens is 437 g/mol. The van der Waals surface area contributed by atoms with Crippen LogP contribution in [0.15, 0.2) is 24.3 Å². The molecule has 1 aromatic rings. The number of aliphatic carboxylic acids is 1. The van der Waals surface area contributed by atoms with Gasteiger partial charge in [-0.1, -0.05) is 6.07 Å². The highest BCUT2D eigenvalue weighted by atomic mass is 19.4. The fraction of sp³-hybridized carbons (Fsp3) is 0.500. The zero-order valence-corrected chi connectivity index (χ0v) is 17.1. The fourth-order valence-corrected chi connectivity index (χ4v) is 4.10. The predicted octanol–water partition coefficient (Wildman–Crippen LogP) is 2.44. The lowest BCUT2D eigenvalue weighted by Crippen LogP contribution is -2.63. The van der Waals surface area contributed by atoms with E-state index >= 15 is 0 Å². The number of amides is 2. The van der Waals surface area contributed by atoms with Crippen molar-refractivity contribution >= 4 is 29.6 Å². The minimum atomic E-state index is -5.08. The van der Waals surface area contributed by atoms with Gasteiger partial charge >= 0.3 is 24.2 Å². The largest absolute Gasteiger partial charge is 0.490 e. The number of esters is 1. The lowest BCUT2D eigenvalue weighted by Gasteiger charge is -2.48. The van der Waals surface area contributed by atoms with E-state index in [1.807, 2.05) is 0 Å². The first kappa shape index (κ1) is 23.5. The summed E-state index contributed by atoms with van der Waals surface area (Å²) in [5.41, 5.74) is -0.434. The van der Waals surface area contributed by atoms with Crippen LogP contribution in [0.5, 0.6) is 0 Å². The van der Waals surface area contributed by atoms with Crippen LogP contribution in [0.1, 0.15) is 30.1 Å². The first-order valence-corrected chi connectivity index (χ1v) is 9.86. The molecule has 9 nitrogen and oxygen atoms in total. The smallest absolute Gasteiger partial charge is 0.475 e. The van der Waals surface area contributed by atoms with Crippen molar-refractivity contribution in [3.8, 4) is 0 Å². The van der Waals surface area contributed by atoms with Gasteiger partial charge in [0.05, 0.1) is 17.9 Å². The Kier molecular flexibility index (Phi) is 6.44. The molecule has 2 amide bonds. The van der Waals surface area contributed by atoms with Gasteiger partial charge in [-0.3, -0.25) is 9.69 Å². The van der Waals surface area contributed by atoms with Crippen LogP contribution in [-0.4, -0.2) is 72.0 Å². The average molecular weight is 458 g/mol. The number of alkyl halides is 3. The molecule has 4 fully saturated rings. The van der Waals surface area contributed by atoms with E-state index in [2.05, 4.69) is 4.90 Å². The molecule has 4 heterocycles. The zero-order valence-electron chi connectivity index (χ0n) is 17.1. The highest BCUT2D eigenvalue weighted by molar-refractivity contribution is 6.20. The summed E-state index contributed by atoms with van der Waals surface area (Å²) in [5, 5.41) is 7.12. The number of halogens is 3. The molecule has 0 aliphatic carbocycles. The number of imide groups is 1. The van der Waals surface area contributed by atoms with Gasteiger partial charge in [-0.05, 0) is 51.1 Å². The van der Waals surface area contributed by atoms with Gasteiger partial charge in [0.15, 0.2) is 0 Å². The van der Waals surface area contributed by atoms with Gasteiger partial charge in [0.25, 0.3) is 5.91 Å². The number of rotatable bonds is 3. The lowest BCUT2D eigenvalue weighted by atomic mass is 9.75. The van der Waals surface area contributed by atoms with Gasteiger partial charge in [-0.15, -0.1) is 0 Å². The molecule has 1 spiro atoms. The number of anilines is 1. The average Bonchev–Trinajstić information content (AvgIpc) is 2.98. The summed E-state index contributed by atoms with van der Waals surface area (Å²) in [4.78, 5) is 49.7. The number of carbonyl (C=O) groups is 4. The molecule has 4 saturated heterocycles. The molecule has 1 aromatic carbocycles. The monoisotopic (exact) mass is 458 g/mol. The summed E-state index contributed by atoms with van der Waals surface area (Å²) >= 11 is 0. The predicted molar refractivity (Wildman–Crippen MR) is 102 cm³/mol. The summed E-state index contributed by atoms with van der Waals surface area (Å²) in [6.45, 7) is 4.32. The number of benzene rings is 1. The number of carbonyl (C=O) groups excluding carboxylic acids is 3. The van der Waals surface area contributed by atoms with Crippen LogP contribution in [-0.2, 0) is 19.1 Å². The van der Waals surface area contributed by atoms with Crippen molar-refractivity contribution in [2.75, 3.05) is 31.1 Å². The fourth-order valence-electron chi connectivity index (χ4n) is 4.10. The molecule has 5 rings (SSSR count). The topological polar surface area (TPSA) is 113 Å².